The molecule has 0 aromatic heterocycles. The summed E-state index contributed by atoms with van der Waals surface area (Å²) in [5.74, 6) is 0.150. The van der Waals surface area contributed by atoms with Gasteiger partial charge in [-0.1, -0.05) is 42.5 Å². The van der Waals surface area contributed by atoms with E-state index in [9.17, 15) is 9.18 Å². The van der Waals surface area contributed by atoms with Crippen molar-refractivity contribution in [3.63, 3.8) is 0 Å². The van der Waals surface area contributed by atoms with Crippen LogP contribution in [0.15, 0.2) is 42.5 Å². The average Bonchev–Trinajstić information content (AvgIpc) is 2.51. The maximum atomic E-state index is 14.0. The molecule has 0 amide bonds. The zero-order valence-corrected chi connectivity index (χ0v) is 12.6. The number of Topliss-reactive ketones (excluding diaryl/α,β-unsaturated/α-hetero) is 1. The van der Waals surface area contributed by atoms with E-state index >= 15 is 0 Å². The number of ketones is 1. The van der Waals surface area contributed by atoms with Gasteiger partial charge in [-0.25, -0.2) is 4.39 Å². The van der Waals surface area contributed by atoms with Crippen LogP contribution in [0, 0.1) is 5.92 Å². The van der Waals surface area contributed by atoms with Gasteiger partial charge in [0.1, 0.15) is 12.0 Å². The first-order valence-electron chi connectivity index (χ1n) is 8.12. The van der Waals surface area contributed by atoms with E-state index in [1.165, 1.54) is 5.56 Å². The molecule has 2 heteroatoms. The molecule has 0 spiro atoms. The topological polar surface area (TPSA) is 17.1 Å². The van der Waals surface area contributed by atoms with E-state index in [1.54, 1.807) is 6.08 Å². The average molecular weight is 288 g/mol. The Kier molecular flexibility index (Phi) is 6.65. The van der Waals surface area contributed by atoms with Crippen molar-refractivity contribution in [2.24, 2.45) is 5.92 Å². The maximum absolute atomic E-state index is 14.0. The molecule has 1 nitrogen and oxygen atoms in total. The standard InChI is InChI=1S/C19H25FO/c20-19(17-12-8-13-18(21)15-17)14-7-2-1-4-9-16-10-5-3-6-11-16/h3,5-7,10-11,14,17,19H,1-2,4,8-9,12-13,15H2/b14-7+/t17-,19-/m0/s1. The third-order valence-electron chi connectivity index (χ3n) is 4.22. The third kappa shape index (κ3) is 5.82. The second-order valence-electron chi connectivity index (χ2n) is 6.00. The second-order valence-corrected chi connectivity index (χ2v) is 6.00. The van der Waals surface area contributed by atoms with Gasteiger partial charge in [-0.2, -0.15) is 0 Å². The highest BCUT2D eigenvalue weighted by molar-refractivity contribution is 5.79. The van der Waals surface area contributed by atoms with Crippen LogP contribution in [-0.4, -0.2) is 12.0 Å². The molecule has 1 saturated carbocycles. The second kappa shape index (κ2) is 8.76. The van der Waals surface area contributed by atoms with E-state index < -0.39 is 6.17 Å². The molecular formula is C19H25FO. The SMILES string of the molecule is O=C1CCC[C@H]([C@@H](F)/C=C/CCCCc2ccccc2)C1. The van der Waals surface area contributed by atoms with Crippen molar-refractivity contribution in [1.29, 1.82) is 0 Å². The fraction of sp³-hybridized carbons (Fsp3) is 0.526. The predicted octanol–water partition coefficient (Wildman–Crippen LogP) is 5.05. The van der Waals surface area contributed by atoms with Gasteiger partial charge in [0, 0.05) is 18.8 Å². The van der Waals surface area contributed by atoms with Crippen LogP contribution in [0.1, 0.15) is 50.5 Å². The van der Waals surface area contributed by atoms with E-state index in [4.69, 9.17) is 0 Å². The highest BCUT2D eigenvalue weighted by Crippen LogP contribution is 2.26. The Bertz CT molecular complexity index is 452. The summed E-state index contributed by atoms with van der Waals surface area (Å²) in [6.07, 6.45) is 9.70. The summed E-state index contributed by atoms with van der Waals surface area (Å²) in [4.78, 5) is 11.3. The number of benzene rings is 1. The maximum Gasteiger partial charge on any atom is 0.133 e. The largest absolute Gasteiger partial charge is 0.300 e. The summed E-state index contributed by atoms with van der Waals surface area (Å²) in [6, 6.07) is 10.5. The van der Waals surface area contributed by atoms with Crippen molar-refractivity contribution in [2.75, 3.05) is 0 Å². The Morgan fingerprint density at radius 2 is 2.05 bits per heavy atom. The van der Waals surface area contributed by atoms with Gasteiger partial charge >= 0.3 is 0 Å². The van der Waals surface area contributed by atoms with Crippen molar-refractivity contribution in [2.45, 2.75) is 57.5 Å². The van der Waals surface area contributed by atoms with E-state index in [-0.39, 0.29) is 11.7 Å². The van der Waals surface area contributed by atoms with Gasteiger partial charge in [0.05, 0.1) is 0 Å². The number of allylic oxidation sites excluding steroid dienone is 2. The van der Waals surface area contributed by atoms with Gasteiger partial charge in [-0.15, -0.1) is 0 Å². The van der Waals surface area contributed by atoms with Crippen LogP contribution in [0.4, 0.5) is 4.39 Å². The minimum absolute atomic E-state index is 0.0770. The first-order chi connectivity index (χ1) is 10.3. The summed E-state index contributed by atoms with van der Waals surface area (Å²) in [6.45, 7) is 0. The van der Waals surface area contributed by atoms with E-state index in [0.717, 1.165) is 38.5 Å². The van der Waals surface area contributed by atoms with Gasteiger partial charge in [-0.05, 0) is 44.1 Å². The fourth-order valence-corrected chi connectivity index (χ4v) is 2.95. The van der Waals surface area contributed by atoms with Crippen LogP contribution in [0.25, 0.3) is 0 Å². The predicted molar refractivity (Wildman–Crippen MR) is 85.0 cm³/mol. The quantitative estimate of drug-likeness (QED) is 0.506. The molecule has 0 unspecified atom stereocenters. The van der Waals surface area contributed by atoms with Crippen LogP contribution < -0.4 is 0 Å². The van der Waals surface area contributed by atoms with E-state index in [0.29, 0.717) is 12.8 Å². The molecule has 0 radical (unpaired) electrons. The number of rotatable bonds is 7. The molecule has 1 aromatic carbocycles. The Hall–Kier alpha value is -1.44. The highest BCUT2D eigenvalue weighted by atomic mass is 19.1. The van der Waals surface area contributed by atoms with Crippen molar-refractivity contribution in [1.82, 2.24) is 0 Å². The minimum Gasteiger partial charge on any atom is -0.300 e. The van der Waals surface area contributed by atoms with Crippen LogP contribution in [0.2, 0.25) is 0 Å². The van der Waals surface area contributed by atoms with E-state index in [1.807, 2.05) is 12.1 Å². The van der Waals surface area contributed by atoms with Crippen molar-refractivity contribution in [3.05, 3.63) is 48.0 Å². The molecular weight excluding hydrogens is 263 g/mol. The molecule has 0 saturated heterocycles. The van der Waals surface area contributed by atoms with Gasteiger partial charge in [0.25, 0.3) is 0 Å². The molecule has 1 aromatic rings. The summed E-state index contributed by atoms with van der Waals surface area (Å²) in [5, 5.41) is 0. The Balaban J connectivity index is 1.60. The van der Waals surface area contributed by atoms with Gasteiger partial charge in [0.2, 0.25) is 0 Å². The summed E-state index contributed by atoms with van der Waals surface area (Å²) in [5.41, 5.74) is 1.37. The summed E-state index contributed by atoms with van der Waals surface area (Å²) < 4.78 is 14.0. The molecule has 0 N–H and O–H groups in total. The lowest BCUT2D eigenvalue weighted by atomic mass is 9.85. The zero-order chi connectivity index (χ0) is 14.9. The fourth-order valence-electron chi connectivity index (χ4n) is 2.95. The molecule has 114 valence electrons. The molecule has 2 rings (SSSR count). The third-order valence-corrected chi connectivity index (χ3v) is 4.22. The first kappa shape index (κ1) is 15.9. The molecule has 1 aliphatic rings. The minimum atomic E-state index is -0.941. The number of unbranched alkanes of at least 4 members (excludes halogenated alkanes) is 2. The summed E-state index contributed by atoms with van der Waals surface area (Å²) >= 11 is 0. The smallest absolute Gasteiger partial charge is 0.133 e. The van der Waals surface area contributed by atoms with Crippen molar-refractivity contribution in [3.8, 4) is 0 Å². The number of aryl methyl sites for hydroxylation is 1. The number of hydrogen-bond acceptors (Lipinski definition) is 1. The number of alkyl halides is 1. The molecule has 2 atom stereocenters. The molecule has 1 fully saturated rings. The van der Waals surface area contributed by atoms with Crippen molar-refractivity contribution < 1.29 is 9.18 Å². The summed E-state index contributed by atoms with van der Waals surface area (Å²) in [7, 11) is 0. The van der Waals surface area contributed by atoms with Crippen LogP contribution >= 0.6 is 0 Å². The molecule has 0 aliphatic heterocycles. The first-order valence-corrected chi connectivity index (χ1v) is 8.12. The normalized spacial score (nSPS) is 20.8. The zero-order valence-electron chi connectivity index (χ0n) is 12.6. The Morgan fingerprint density at radius 1 is 1.24 bits per heavy atom. The lowest BCUT2D eigenvalue weighted by Gasteiger charge is -2.22. The number of halogens is 1. The lowest BCUT2D eigenvalue weighted by Crippen LogP contribution is -2.22. The Morgan fingerprint density at radius 3 is 2.81 bits per heavy atom. The van der Waals surface area contributed by atoms with Crippen LogP contribution in [-0.2, 0) is 11.2 Å². The molecule has 0 heterocycles. The number of carbonyl (C=O) groups is 1. The van der Waals surface area contributed by atoms with Crippen LogP contribution in [0.5, 0.6) is 0 Å². The Labute approximate surface area is 127 Å². The lowest BCUT2D eigenvalue weighted by molar-refractivity contribution is -0.122. The molecule has 0 bridgehead atoms. The van der Waals surface area contributed by atoms with Gasteiger partial charge < -0.3 is 0 Å². The van der Waals surface area contributed by atoms with Gasteiger partial charge in [0.15, 0.2) is 0 Å². The molecule has 21 heavy (non-hydrogen) atoms. The van der Waals surface area contributed by atoms with Crippen molar-refractivity contribution >= 4 is 5.78 Å². The molecule has 1 aliphatic carbocycles. The van der Waals surface area contributed by atoms with Gasteiger partial charge in [-0.3, -0.25) is 4.79 Å². The number of hydrogen-bond donors (Lipinski definition) is 0. The number of carbonyl (C=O) groups excluding carboxylic acids is 1. The highest BCUT2D eigenvalue weighted by Gasteiger charge is 2.25. The van der Waals surface area contributed by atoms with Crippen LogP contribution in [0.3, 0.4) is 0 Å². The monoisotopic (exact) mass is 288 g/mol. The van der Waals surface area contributed by atoms with E-state index in [2.05, 4.69) is 24.3 Å².